The van der Waals surface area contributed by atoms with Crippen molar-refractivity contribution < 1.29 is 14.5 Å². The fraction of sp³-hybridized carbons (Fsp3) is 0. The first-order chi connectivity index (χ1) is 13.0. The number of aromatic nitrogens is 3. The normalized spacial score (nSPS) is 10.3. The Balaban J connectivity index is 1.77. The van der Waals surface area contributed by atoms with Gasteiger partial charge in [0.2, 0.25) is 0 Å². The summed E-state index contributed by atoms with van der Waals surface area (Å²) in [7, 11) is 0. The highest BCUT2D eigenvalue weighted by atomic mass is 79.9. The zero-order valence-corrected chi connectivity index (χ0v) is 15.1. The van der Waals surface area contributed by atoms with Gasteiger partial charge in [-0.1, -0.05) is 12.1 Å². The molecule has 0 aliphatic heterocycles. The molecule has 0 unspecified atom stereocenters. The highest BCUT2D eigenvalue weighted by Gasteiger charge is 2.20. The Bertz CT molecular complexity index is 1020. The van der Waals surface area contributed by atoms with E-state index >= 15 is 0 Å². The van der Waals surface area contributed by atoms with E-state index in [1.807, 2.05) is 0 Å². The molecule has 3 rings (SSSR count). The highest BCUT2D eigenvalue weighted by molar-refractivity contribution is 9.10. The van der Waals surface area contributed by atoms with Gasteiger partial charge in [-0.05, 0) is 40.2 Å². The quantitative estimate of drug-likeness (QED) is 0.480. The molecule has 0 atom stereocenters. The van der Waals surface area contributed by atoms with Gasteiger partial charge in [0.15, 0.2) is 0 Å². The van der Waals surface area contributed by atoms with Crippen LogP contribution in [0.15, 0.2) is 59.6 Å². The first-order valence-corrected chi connectivity index (χ1v) is 8.25. The molecular formula is C16H11BrN6O4. The predicted octanol–water partition coefficient (Wildman–Crippen LogP) is 2.01. The Morgan fingerprint density at radius 2 is 1.85 bits per heavy atom. The van der Waals surface area contributed by atoms with Crippen LogP contribution in [0.5, 0.6) is 0 Å². The van der Waals surface area contributed by atoms with E-state index in [4.69, 9.17) is 0 Å². The van der Waals surface area contributed by atoms with E-state index in [9.17, 15) is 19.7 Å². The molecule has 0 aliphatic rings. The maximum atomic E-state index is 12.2. The number of nitro groups is 1. The van der Waals surface area contributed by atoms with Crippen LogP contribution in [0.25, 0.3) is 5.69 Å². The molecule has 1 heterocycles. The summed E-state index contributed by atoms with van der Waals surface area (Å²) >= 11 is 3.24. The van der Waals surface area contributed by atoms with Gasteiger partial charge in [-0.2, -0.15) is 5.10 Å². The van der Waals surface area contributed by atoms with E-state index in [0.29, 0.717) is 10.0 Å². The van der Waals surface area contributed by atoms with Gasteiger partial charge < -0.3 is 0 Å². The van der Waals surface area contributed by atoms with Gasteiger partial charge in [-0.25, -0.2) is 9.67 Å². The second-order valence-electron chi connectivity index (χ2n) is 5.19. The Morgan fingerprint density at radius 3 is 2.52 bits per heavy atom. The number of hydrazine groups is 1. The third-order valence-corrected chi connectivity index (χ3v) is 4.20. The van der Waals surface area contributed by atoms with Crippen LogP contribution in [0, 0.1) is 10.1 Å². The van der Waals surface area contributed by atoms with Gasteiger partial charge >= 0.3 is 0 Å². The Labute approximate surface area is 160 Å². The summed E-state index contributed by atoms with van der Waals surface area (Å²) in [5.41, 5.74) is 4.64. The number of nitrogens with zero attached hydrogens (tertiary/aromatic N) is 4. The number of carbonyl (C=O) groups is 2. The van der Waals surface area contributed by atoms with Gasteiger partial charge in [0.05, 0.1) is 10.5 Å². The van der Waals surface area contributed by atoms with Crippen molar-refractivity contribution in [2.45, 2.75) is 0 Å². The van der Waals surface area contributed by atoms with Crippen molar-refractivity contribution in [2.75, 3.05) is 0 Å². The number of nitrogens with one attached hydrogen (secondary N) is 2. The van der Waals surface area contributed by atoms with E-state index < -0.39 is 16.7 Å². The molecule has 2 aromatic carbocycles. The van der Waals surface area contributed by atoms with Crippen molar-refractivity contribution >= 4 is 33.4 Å². The molecule has 0 fully saturated rings. The summed E-state index contributed by atoms with van der Waals surface area (Å²) in [5.74, 6) is -1.24. The number of hydrogen-bond donors (Lipinski definition) is 2. The van der Waals surface area contributed by atoms with Crippen molar-refractivity contribution in [3.63, 3.8) is 0 Å². The fourth-order valence-corrected chi connectivity index (χ4v) is 2.70. The smallest absolute Gasteiger partial charge is 0.267 e. The summed E-state index contributed by atoms with van der Waals surface area (Å²) in [6.07, 6.45) is 2.54. The summed E-state index contributed by atoms with van der Waals surface area (Å²) < 4.78 is 1.78. The standard InChI is InChI=1S/C16H11BrN6O4/c17-12-4-2-1-3-11(12)16(25)21-20-15(24)10-5-6-13(14(7-10)23(26)27)22-9-18-8-19-22/h1-9H,(H,20,24)(H,21,25). The first kappa shape index (κ1) is 18.2. The SMILES string of the molecule is O=C(NNC(=O)c1ccccc1Br)c1ccc(-n2cncn2)c([N+](=O)[O-])c1. The van der Waals surface area contributed by atoms with Gasteiger partial charge in [0, 0.05) is 16.1 Å². The molecule has 0 spiro atoms. The second-order valence-corrected chi connectivity index (χ2v) is 6.04. The molecule has 3 aromatic rings. The lowest BCUT2D eigenvalue weighted by molar-refractivity contribution is -0.384. The summed E-state index contributed by atoms with van der Waals surface area (Å²) in [6.45, 7) is 0. The lowest BCUT2D eigenvalue weighted by Gasteiger charge is -2.09. The van der Waals surface area contributed by atoms with Crippen LogP contribution in [0.4, 0.5) is 5.69 Å². The highest BCUT2D eigenvalue weighted by Crippen LogP contribution is 2.23. The summed E-state index contributed by atoms with van der Waals surface area (Å²) in [5, 5.41) is 15.2. The predicted molar refractivity (Wildman–Crippen MR) is 97.1 cm³/mol. The van der Waals surface area contributed by atoms with Crippen molar-refractivity contribution in [3.8, 4) is 5.69 Å². The van der Waals surface area contributed by atoms with Crippen molar-refractivity contribution in [1.29, 1.82) is 0 Å². The second kappa shape index (κ2) is 7.74. The van der Waals surface area contributed by atoms with E-state index in [1.54, 1.807) is 24.3 Å². The number of rotatable bonds is 4. The molecule has 0 bridgehead atoms. The number of carbonyl (C=O) groups excluding carboxylic acids is 2. The zero-order valence-electron chi connectivity index (χ0n) is 13.5. The molecule has 1 aromatic heterocycles. The van der Waals surface area contributed by atoms with Crippen LogP contribution in [-0.4, -0.2) is 31.5 Å². The molecule has 2 amide bonds. The average molecular weight is 431 g/mol. The van der Waals surface area contributed by atoms with Gasteiger partial charge in [0.25, 0.3) is 17.5 Å². The molecule has 136 valence electrons. The third-order valence-electron chi connectivity index (χ3n) is 3.51. The van der Waals surface area contributed by atoms with Crippen LogP contribution >= 0.6 is 15.9 Å². The zero-order chi connectivity index (χ0) is 19.4. The lowest BCUT2D eigenvalue weighted by atomic mass is 10.1. The van der Waals surface area contributed by atoms with E-state index in [-0.39, 0.29) is 16.9 Å². The van der Waals surface area contributed by atoms with Gasteiger partial charge in [-0.3, -0.25) is 30.6 Å². The van der Waals surface area contributed by atoms with E-state index in [0.717, 1.165) is 6.07 Å². The molecule has 10 nitrogen and oxygen atoms in total. The summed E-state index contributed by atoms with van der Waals surface area (Å²) in [4.78, 5) is 38.8. The Hall–Kier alpha value is -3.60. The minimum absolute atomic E-state index is 0.00186. The maximum absolute atomic E-state index is 12.2. The molecule has 0 saturated heterocycles. The molecule has 0 saturated carbocycles. The fourth-order valence-electron chi connectivity index (χ4n) is 2.24. The van der Waals surface area contributed by atoms with Crippen LogP contribution in [0.1, 0.15) is 20.7 Å². The molecule has 2 N–H and O–H groups in total. The largest absolute Gasteiger partial charge is 0.295 e. The minimum atomic E-state index is -0.705. The number of hydrogen-bond acceptors (Lipinski definition) is 6. The Kier molecular flexibility index (Phi) is 5.22. The Morgan fingerprint density at radius 1 is 1.11 bits per heavy atom. The number of nitro benzene ring substituents is 1. The molecule has 27 heavy (non-hydrogen) atoms. The minimum Gasteiger partial charge on any atom is -0.267 e. The monoisotopic (exact) mass is 430 g/mol. The molecule has 0 aliphatic carbocycles. The summed E-state index contributed by atoms with van der Waals surface area (Å²) in [6, 6.07) is 10.5. The maximum Gasteiger partial charge on any atom is 0.295 e. The van der Waals surface area contributed by atoms with Crippen molar-refractivity contribution in [2.24, 2.45) is 0 Å². The topological polar surface area (TPSA) is 132 Å². The van der Waals surface area contributed by atoms with E-state index in [2.05, 4.69) is 36.9 Å². The first-order valence-electron chi connectivity index (χ1n) is 7.46. The van der Waals surface area contributed by atoms with Crippen LogP contribution in [0.2, 0.25) is 0 Å². The number of benzene rings is 2. The molecular weight excluding hydrogens is 420 g/mol. The van der Waals surface area contributed by atoms with Gasteiger partial charge in [-0.15, -0.1) is 0 Å². The average Bonchev–Trinajstić information content (AvgIpc) is 3.20. The lowest BCUT2D eigenvalue weighted by Crippen LogP contribution is -2.41. The van der Waals surface area contributed by atoms with E-state index in [1.165, 1.54) is 29.5 Å². The van der Waals surface area contributed by atoms with Crippen LogP contribution in [0.3, 0.4) is 0 Å². The van der Waals surface area contributed by atoms with Gasteiger partial charge in [0.1, 0.15) is 18.3 Å². The molecule has 11 heteroatoms. The number of amides is 2. The van der Waals surface area contributed by atoms with Crippen molar-refractivity contribution in [3.05, 3.63) is 80.8 Å². The number of halogens is 1. The van der Waals surface area contributed by atoms with Crippen LogP contribution < -0.4 is 10.9 Å². The third kappa shape index (κ3) is 3.98. The molecule has 0 radical (unpaired) electrons. The van der Waals surface area contributed by atoms with Crippen LogP contribution in [-0.2, 0) is 0 Å². The van der Waals surface area contributed by atoms with Crippen molar-refractivity contribution in [1.82, 2.24) is 25.6 Å².